The van der Waals surface area contributed by atoms with Crippen LogP contribution >= 0.6 is 0 Å². The van der Waals surface area contributed by atoms with Gasteiger partial charge in [-0.15, -0.1) is 0 Å². The molecule has 42 heavy (non-hydrogen) atoms. The summed E-state index contributed by atoms with van der Waals surface area (Å²) in [6, 6.07) is 16.8. The van der Waals surface area contributed by atoms with Gasteiger partial charge in [-0.25, -0.2) is 4.79 Å². The fourth-order valence-corrected chi connectivity index (χ4v) is 5.62. The first kappa shape index (κ1) is 31.2. The van der Waals surface area contributed by atoms with Crippen molar-refractivity contribution >= 4 is 23.7 Å². The third-order valence-corrected chi connectivity index (χ3v) is 8.14. The number of hydrogen-bond acceptors (Lipinski definition) is 6. The number of carboxylic acid groups (broad SMARTS) is 1. The van der Waals surface area contributed by atoms with Gasteiger partial charge >= 0.3 is 5.97 Å². The molecule has 3 amide bonds. The summed E-state index contributed by atoms with van der Waals surface area (Å²) >= 11 is 0. The molecule has 1 saturated heterocycles. The number of nitrogens with zero attached hydrogens (tertiary/aromatic N) is 1. The van der Waals surface area contributed by atoms with Crippen molar-refractivity contribution in [2.24, 2.45) is 11.8 Å². The molecule has 1 heterocycles. The smallest absolute Gasteiger partial charge is 0.326 e. The second-order valence-corrected chi connectivity index (χ2v) is 11.6. The van der Waals surface area contributed by atoms with Crippen molar-refractivity contribution < 1.29 is 29.0 Å². The normalized spacial score (nSPS) is 21.6. The van der Waals surface area contributed by atoms with Crippen LogP contribution in [0.4, 0.5) is 0 Å². The van der Waals surface area contributed by atoms with E-state index in [0.29, 0.717) is 45.6 Å². The highest BCUT2D eigenvalue weighted by molar-refractivity contribution is 5.98. The van der Waals surface area contributed by atoms with E-state index in [1.807, 2.05) is 79.4 Å². The molecule has 4 atom stereocenters. The van der Waals surface area contributed by atoms with Crippen molar-refractivity contribution in [1.29, 1.82) is 0 Å². The van der Waals surface area contributed by atoms with E-state index in [0.717, 1.165) is 11.1 Å². The standard InChI is InChI=1S/C32H42N4O6/c1-22(2)25-20-32(25,31(41)34-27(30(39)40)19-24-11-7-4-8-12-24)35-29(38)26(14-13-23-9-5-3-6-10-23)33-28(37)21-36-15-17-42-18-16-36/h3-12,22,25-27H,13-21H2,1-2H3,(H,33,37)(H,34,41)(H,35,38)(H,39,40)/t25-,26-,27-,32+/m0/s1. The first-order valence-electron chi connectivity index (χ1n) is 14.7. The molecule has 10 heteroatoms. The average molecular weight is 579 g/mol. The first-order chi connectivity index (χ1) is 20.2. The van der Waals surface area contributed by atoms with Crippen molar-refractivity contribution in [3.8, 4) is 0 Å². The number of nitrogens with one attached hydrogen (secondary N) is 3. The second-order valence-electron chi connectivity index (χ2n) is 11.6. The number of hydrogen-bond donors (Lipinski definition) is 4. The Morgan fingerprint density at radius 2 is 1.55 bits per heavy atom. The van der Waals surface area contributed by atoms with Crippen LogP contribution in [-0.2, 0) is 36.8 Å². The Hall–Kier alpha value is -3.76. The van der Waals surface area contributed by atoms with Crippen LogP contribution in [0.1, 0.15) is 37.8 Å². The van der Waals surface area contributed by atoms with Crippen LogP contribution in [0.2, 0.25) is 0 Å². The number of carbonyl (C=O) groups excluding carboxylic acids is 3. The van der Waals surface area contributed by atoms with Crippen LogP contribution < -0.4 is 16.0 Å². The maximum absolute atomic E-state index is 13.8. The molecule has 0 unspecified atom stereocenters. The van der Waals surface area contributed by atoms with Crippen LogP contribution in [0.15, 0.2) is 60.7 Å². The van der Waals surface area contributed by atoms with Crippen LogP contribution in [0, 0.1) is 11.8 Å². The Morgan fingerprint density at radius 1 is 0.929 bits per heavy atom. The maximum atomic E-state index is 13.8. The molecule has 2 fully saturated rings. The number of morpholine rings is 1. The third-order valence-electron chi connectivity index (χ3n) is 8.14. The molecule has 0 aromatic heterocycles. The molecule has 1 aliphatic heterocycles. The molecule has 4 rings (SSSR count). The maximum Gasteiger partial charge on any atom is 0.326 e. The Balaban J connectivity index is 1.48. The zero-order valence-corrected chi connectivity index (χ0v) is 24.4. The summed E-state index contributed by atoms with van der Waals surface area (Å²) < 4.78 is 5.36. The van der Waals surface area contributed by atoms with Crippen molar-refractivity contribution in [2.45, 2.75) is 57.2 Å². The van der Waals surface area contributed by atoms with Gasteiger partial charge in [-0.05, 0) is 42.2 Å². The summed E-state index contributed by atoms with van der Waals surface area (Å²) in [6.45, 7) is 6.49. The lowest BCUT2D eigenvalue weighted by atomic mass is 10.00. The molecule has 10 nitrogen and oxygen atoms in total. The highest BCUT2D eigenvalue weighted by atomic mass is 16.5. The van der Waals surface area contributed by atoms with E-state index in [1.165, 1.54) is 0 Å². The SMILES string of the molecule is CC(C)[C@@H]1C[C@]1(NC(=O)[C@H](CCc1ccccc1)NC(=O)CN1CCOCC1)C(=O)N[C@@H](Cc1ccccc1)C(=O)O. The fraction of sp³-hybridized carbons (Fsp3) is 0.500. The van der Waals surface area contributed by atoms with E-state index in [2.05, 4.69) is 16.0 Å². The van der Waals surface area contributed by atoms with E-state index in [9.17, 15) is 24.3 Å². The Bertz CT molecular complexity index is 1220. The quantitative estimate of drug-likeness (QED) is 0.268. The topological polar surface area (TPSA) is 137 Å². The molecule has 1 aliphatic carbocycles. The van der Waals surface area contributed by atoms with E-state index in [1.54, 1.807) is 0 Å². The number of benzene rings is 2. The van der Waals surface area contributed by atoms with Gasteiger partial charge in [0.1, 0.15) is 17.6 Å². The zero-order chi connectivity index (χ0) is 30.1. The largest absolute Gasteiger partial charge is 0.480 e. The summed E-state index contributed by atoms with van der Waals surface area (Å²) in [5.74, 6) is -2.47. The van der Waals surface area contributed by atoms with Gasteiger partial charge in [0.25, 0.3) is 0 Å². The fourth-order valence-electron chi connectivity index (χ4n) is 5.62. The van der Waals surface area contributed by atoms with Gasteiger partial charge in [-0.3, -0.25) is 19.3 Å². The monoisotopic (exact) mass is 578 g/mol. The number of aliphatic carboxylic acids is 1. The Morgan fingerprint density at radius 3 is 2.12 bits per heavy atom. The van der Waals surface area contributed by atoms with Gasteiger partial charge in [0.15, 0.2) is 0 Å². The molecular weight excluding hydrogens is 536 g/mol. The predicted octanol–water partition coefficient (Wildman–Crippen LogP) is 1.78. The van der Waals surface area contributed by atoms with E-state index < -0.39 is 35.4 Å². The number of carboxylic acids is 1. The number of aryl methyl sites for hydroxylation is 1. The minimum absolute atomic E-state index is 0.0760. The lowest BCUT2D eigenvalue weighted by Gasteiger charge is -2.28. The summed E-state index contributed by atoms with van der Waals surface area (Å²) in [6.07, 6.45) is 1.42. The van der Waals surface area contributed by atoms with Gasteiger partial charge in [0, 0.05) is 19.5 Å². The molecule has 2 aromatic carbocycles. The minimum Gasteiger partial charge on any atom is -0.480 e. The van der Waals surface area contributed by atoms with Crippen molar-refractivity contribution in [3.63, 3.8) is 0 Å². The highest BCUT2D eigenvalue weighted by Gasteiger charge is 2.62. The van der Waals surface area contributed by atoms with Crippen LogP contribution in [0.3, 0.4) is 0 Å². The summed E-state index contributed by atoms with van der Waals surface area (Å²) in [4.78, 5) is 54.5. The molecule has 2 aliphatic rings. The lowest BCUT2D eigenvalue weighted by molar-refractivity contribution is -0.142. The van der Waals surface area contributed by atoms with Gasteiger partial charge in [-0.1, -0.05) is 74.5 Å². The molecule has 0 radical (unpaired) electrons. The summed E-state index contributed by atoms with van der Waals surface area (Å²) in [5, 5.41) is 18.4. The van der Waals surface area contributed by atoms with Crippen molar-refractivity contribution in [2.75, 3.05) is 32.8 Å². The van der Waals surface area contributed by atoms with Gasteiger partial charge in [-0.2, -0.15) is 0 Å². The Kier molecular flexibility index (Phi) is 10.7. The Labute approximate surface area is 247 Å². The molecule has 0 spiro atoms. The highest BCUT2D eigenvalue weighted by Crippen LogP contribution is 2.48. The van der Waals surface area contributed by atoms with Crippen molar-refractivity contribution in [1.82, 2.24) is 20.9 Å². The molecule has 1 saturated carbocycles. The van der Waals surface area contributed by atoms with Gasteiger partial charge < -0.3 is 25.8 Å². The van der Waals surface area contributed by atoms with Crippen LogP contribution in [0.25, 0.3) is 0 Å². The summed E-state index contributed by atoms with van der Waals surface area (Å²) in [5.41, 5.74) is 0.570. The van der Waals surface area contributed by atoms with Crippen molar-refractivity contribution in [3.05, 3.63) is 71.8 Å². The number of amides is 3. The number of ether oxygens (including phenoxy) is 1. The molecule has 4 N–H and O–H groups in total. The first-order valence-corrected chi connectivity index (χ1v) is 14.7. The zero-order valence-electron chi connectivity index (χ0n) is 24.4. The van der Waals surface area contributed by atoms with Crippen LogP contribution in [0.5, 0.6) is 0 Å². The number of rotatable bonds is 14. The van der Waals surface area contributed by atoms with Gasteiger partial charge in [0.05, 0.1) is 19.8 Å². The molecule has 2 aromatic rings. The minimum atomic E-state index is -1.24. The van der Waals surface area contributed by atoms with Crippen LogP contribution in [-0.4, -0.2) is 84.2 Å². The lowest BCUT2D eigenvalue weighted by Crippen LogP contribution is -2.59. The second kappa shape index (κ2) is 14.4. The van der Waals surface area contributed by atoms with Gasteiger partial charge in [0.2, 0.25) is 17.7 Å². The third kappa shape index (κ3) is 8.39. The number of carbonyl (C=O) groups is 4. The van der Waals surface area contributed by atoms with E-state index >= 15 is 0 Å². The molecule has 0 bridgehead atoms. The molecule has 226 valence electrons. The average Bonchev–Trinajstić information content (AvgIpc) is 3.72. The summed E-state index contributed by atoms with van der Waals surface area (Å²) in [7, 11) is 0. The molecular formula is C32H42N4O6. The van der Waals surface area contributed by atoms with E-state index in [4.69, 9.17) is 4.74 Å². The predicted molar refractivity (Wildman–Crippen MR) is 157 cm³/mol. The van der Waals surface area contributed by atoms with E-state index in [-0.39, 0.29) is 30.7 Å².